The largest absolute Gasteiger partial charge is 0.368 e. The van der Waals surface area contributed by atoms with E-state index in [0.717, 1.165) is 50.3 Å². The highest BCUT2D eigenvalue weighted by atomic mass is 32.2. The van der Waals surface area contributed by atoms with Crippen LogP contribution in [0.3, 0.4) is 0 Å². The van der Waals surface area contributed by atoms with Crippen LogP contribution in [-0.4, -0.2) is 45.4 Å². The number of aryl methyl sites for hydroxylation is 1. The second-order valence-corrected chi connectivity index (χ2v) is 10.2. The zero-order valence-corrected chi connectivity index (χ0v) is 20.0. The molecule has 1 saturated heterocycles. The Balaban J connectivity index is 1.48. The van der Waals surface area contributed by atoms with Crippen LogP contribution in [0, 0.1) is 6.92 Å². The Morgan fingerprint density at radius 1 is 0.875 bits per heavy atom. The average Bonchev–Trinajstić information content (AvgIpc) is 2.79. The van der Waals surface area contributed by atoms with Gasteiger partial charge in [-0.15, -0.1) is 0 Å². The SMILES string of the molecule is CCCCCCCC(=O)N1CCN(c2ccc(NS(=O)(=O)c3ccc(C)cc3)cc2)CC1. The van der Waals surface area contributed by atoms with Gasteiger partial charge in [0.2, 0.25) is 5.91 Å². The van der Waals surface area contributed by atoms with Crippen LogP contribution in [0.5, 0.6) is 0 Å². The fourth-order valence-electron chi connectivity index (χ4n) is 3.92. The number of nitrogens with one attached hydrogen (secondary N) is 1. The molecule has 7 heteroatoms. The summed E-state index contributed by atoms with van der Waals surface area (Å²) in [6.07, 6.45) is 6.46. The van der Waals surface area contributed by atoms with Crippen molar-refractivity contribution in [1.29, 1.82) is 0 Å². The van der Waals surface area contributed by atoms with Crippen LogP contribution < -0.4 is 9.62 Å². The molecule has 0 radical (unpaired) electrons. The molecule has 1 fully saturated rings. The van der Waals surface area contributed by atoms with Crippen molar-refractivity contribution < 1.29 is 13.2 Å². The van der Waals surface area contributed by atoms with Crippen molar-refractivity contribution in [2.75, 3.05) is 35.8 Å². The number of carbonyl (C=O) groups excluding carboxylic acids is 1. The van der Waals surface area contributed by atoms with E-state index >= 15 is 0 Å². The molecule has 1 heterocycles. The molecule has 0 aliphatic carbocycles. The highest BCUT2D eigenvalue weighted by molar-refractivity contribution is 7.92. The van der Waals surface area contributed by atoms with E-state index in [4.69, 9.17) is 0 Å². The lowest BCUT2D eigenvalue weighted by Crippen LogP contribution is -2.48. The molecular weight excluding hydrogens is 422 g/mol. The highest BCUT2D eigenvalue weighted by Gasteiger charge is 2.21. The molecular formula is C25H35N3O3S. The van der Waals surface area contributed by atoms with Crippen LogP contribution in [0.2, 0.25) is 0 Å². The van der Waals surface area contributed by atoms with Crippen LogP contribution in [0.1, 0.15) is 51.0 Å². The van der Waals surface area contributed by atoms with Gasteiger partial charge in [0.05, 0.1) is 4.90 Å². The number of unbranched alkanes of at least 4 members (excludes halogenated alkanes) is 4. The molecule has 32 heavy (non-hydrogen) atoms. The number of piperazine rings is 1. The van der Waals surface area contributed by atoms with Crippen molar-refractivity contribution in [2.24, 2.45) is 0 Å². The molecule has 2 aromatic rings. The fraction of sp³-hybridized carbons (Fsp3) is 0.480. The second kappa shape index (κ2) is 11.4. The third-order valence-electron chi connectivity index (χ3n) is 5.94. The smallest absolute Gasteiger partial charge is 0.261 e. The lowest BCUT2D eigenvalue weighted by Gasteiger charge is -2.36. The van der Waals surface area contributed by atoms with Crippen molar-refractivity contribution in [3.63, 3.8) is 0 Å². The maximum atomic E-state index is 12.6. The van der Waals surface area contributed by atoms with E-state index in [9.17, 15) is 13.2 Å². The second-order valence-electron chi connectivity index (χ2n) is 8.50. The van der Waals surface area contributed by atoms with Gasteiger partial charge < -0.3 is 9.80 Å². The molecule has 0 aromatic heterocycles. The molecule has 1 aliphatic rings. The van der Waals surface area contributed by atoms with Gasteiger partial charge in [-0.05, 0) is 49.7 Å². The van der Waals surface area contributed by atoms with Crippen LogP contribution in [0.25, 0.3) is 0 Å². The van der Waals surface area contributed by atoms with E-state index in [2.05, 4.69) is 16.5 Å². The zero-order valence-electron chi connectivity index (χ0n) is 19.2. The van der Waals surface area contributed by atoms with Gasteiger partial charge in [0.25, 0.3) is 10.0 Å². The number of amides is 1. The number of hydrogen-bond donors (Lipinski definition) is 1. The topological polar surface area (TPSA) is 69.7 Å². The van der Waals surface area contributed by atoms with Crippen molar-refractivity contribution in [3.05, 3.63) is 54.1 Å². The molecule has 0 atom stereocenters. The number of nitrogens with zero attached hydrogens (tertiary/aromatic N) is 2. The number of hydrogen-bond acceptors (Lipinski definition) is 4. The summed E-state index contributed by atoms with van der Waals surface area (Å²) in [4.78, 5) is 16.9. The van der Waals surface area contributed by atoms with E-state index < -0.39 is 10.0 Å². The lowest BCUT2D eigenvalue weighted by molar-refractivity contribution is -0.131. The number of benzene rings is 2. The summed E-state index contributed by atoms with van der Waals surface area (Å²) in [6.45, 7) is 7.16. The minimum absolute atomic E-state index is 0.248. The zero-order chi connectivity index (χ0) is 23.0. The lowest BCUT2D eigenvalue weighted by atomic mass is 10.1. The van der Waals surface area contributed by atoms with Gasteiger partial charge in [-0.3, -0.25) is 9.52 Å². The Labute approximate surface area is 192 Å². The minimum Gasteiger partial charge on any atom is -0.368 e. The van der Waals surface area contributed by atoms with Gasteiger partial charge in [0, 0.05) is 44.0 Å². The average molecular weight is 458 g/mol. The van der Waals surface area contributed by atoms with E-state index in [0.29, 0.717) is 12.1 Å². The molecule has 3 rings (SSSR count). The van der Waals surface area contributed by atoms with Gasteiger partial charge in [-0.1, -0.05) is 50.3 Å². The van der Waals surface area contributed by atoms with Crippen LogP contribution in [0.4, 0.5) is 11.4 Å². The van der Waals surface area contributed by atoms with E-state index in [1.807, 2.05) is 24.0 Å². The summed E-state index contributed by atoms with van der Waals surface area (Å²) in [5.41, 5.74) is 2.59. The predicted molar refractivity (Wildman–Crippen MR) is 131 cm³/mol. The van der Waals surface area contributed by atoms with Gasteiger partial charge in [-0.25, -0.2) is 8.42 Å². The van der Waals surface area contributed by atoms with E-state index in [-0.39, 0.29) is 10.8 Å². The van der Waals surface area contributed by atoms with Gasteiger partial charge >= 0.3 is 0 Å². The molecule has 1 aliphatic heterocycles. The van der Waals surface area contributed by atoms with E-state index in [1.54, 1.807) is 36.4 Å². The predicted octanol–water partition coefficient (Wildman–Crippen LogP) is 4.80. The molecule has 2 aromatic carbocycles. The van der Waals surface area contributed by atoms with Crippen LogP contribution in [-0.2, 0) is 14.8 Å². The fourth-order valence-corrected chi connectivity index (χ4v) is 4.98. The molecule has 0 saturated carbocycles. The Morgan fingerprint density at radius 2 is 1.50 bits per heavy atom. The third kappa shape index (κ3) is 6.73. The first kappa shape index (κ1) is 24.1. The molecule has 0 bridgehead atoms. The van der Waals surface area contributed by atoms with Crippen molar-refractivity contribution >= 4 is 27.3 Å². The van der Waals surface area contributed by atoms with Gasteiger partial charge in [0.15, 0.2) is 0 Å². The van der Waals surface area contributed by atoms with Crippen molar-refractivity contribution in [2.45, 2.75) is 57.3 Å². The Kier molecular flexibility index (Phi) is 8.56. The quantitative estimate of drug-likeness (QED) is 0.520. The molecule has 6 nitrogen and oxygen atoms in total. The number of sulfonamides is 1. The van der Waals surface area contributed by atoms with E-state index in [1.165, 1.54) is 19.3 Å². The maximum Gasteiger partial charge on any atom is 0.261 e. The van der Waals surface area contributed by atoms with Gasteiger partial charge in [-0.2, -0.15) is 0 Å². The first-order valence-electron chi connectivity index (χ1n) is 11.6. The van der Waals surface area contributed by atoms with Crippen molar-refractivity contribution in [1.82, 2.24) is 4.90 Å². The molecule has 1 N–H and O–H groups in total. The Bertz CT molecular complexity index is 964. The molecule has 0 spiro atoms. The van der Waals surface area contributed by atoms with Crippen LogP contribution in [0.15, 0.2) is 53.4 Å². The molecule has 1 amide bonds. The summed E-state index contributed by atoms with van der Waals surface area (Å²) >= 11 is 0. The Morgan fingerprint density at radius 3 is 2.12 bits per heavy atom. The normalized spacial score (nSPS) is 14.4. The Hall–Kier alpha value is -2.54. The molecule has 0 unspecified atom stereocenters. The standard InChI is InChI=1S/C25H35N3O3S/c1-3-4-5-6-7-8-25(29)28-19-17-27(18-20-28)23-13-11-22(12-14-23)26-32(30,31)24-15-9-21(2)10-16-24/h9-16,26H,3-8,17-20H2,1-2H3. The first-order valence-corrected chi connectivity index (χ1v) is 13.1. The summed E-state index contributed by atoms with van der Waals surface area (Å²) in [5.74, 6) is 0.266. The number of carbonyl (C=O) groups is 1. The number of anilines is 2. The first-order chi connectivity index (χ1) is 15.4. The minimum atomic E-state index is -3.61. The summed E-state index contributed by atoms with van der Waals surface area (Å²) in [5, 5.41) is 0. The molecule has 174 valence electrons. The summed E-state index contributed by atoms with van der Waals surface area (Å²) < 4.78 is 27.8. The summed E-state index contributed by atoms with van der Waals surface area (Å²) in [7, 11) is -3.61. The monoisotopic (exact) mass is 457 g/mol. The summed E-state index contributed by atoms with van der Waals surface area (Å²) in [6, 6.07) is 14.2. The van der Waals surface area contributed by atoms with Crippen LogP contribution >= 0.6 is 0 Å². The highest BCUT2D eigenvalue weighted by Crippen LogP contribution is 2.22. The maximum absolute atomic E-state index is 12.6. The number of rotatable bonds is 10. The van der Waals surface area contributed by atoms with Gasteiger partial charge in [0.1, 0.15) is 0 Å². The third-order valence-corrected chi connectivity index (χ3v) is 7.34. The van der Waals surface area contributed by atoms with Crippen molar-refractivity contribution in [3.8, 4) is 0 Å².